The third-order valence-corrected chi connectivity index (χ3v) is 3.23. The number of hydrogen-bond acceptors (Lipinski definition) is 6. The number of hydrogen-bond donors (Lipinski definition) is 1. The van der Waals surface area contributed by atoms with Crippen LogP contribution in [0.2, 0.25) is 0 Å². The summed E-state index contributed by atoms with van der Waals surface area (Å²) in [6.07, 6.45) is 1.08. The minimum atomic E-state index is -0.718. The van der Waals surface area contributed by atoms with Crippen LogP contribution in [-0.2, 0) is 23.8 Å². The van der Waals surface area contributed by atoms with Crippen LogP contribution in [0.3, 0.4) is 0 Å². The zero-order chi connectivity index (χ0) is 17.5. The van der Waals surface area contributed by atoms with Gasteiger partial charge in [-0.2, -0.15) is 0 Å². The summed E-state index contributed by atoms with van der Waals surface area (Å²) in [6, 6.07) is 8.69. The van der Waals surface area contributed by atoms with E-state index < -0.39 is 30.4 Å². The van der Waals surface area contributed by atoms with Crippen molar-refractivity contribution in [2.75, 3.05) is 6.61 Å². The summed E-state index contributed by atoms with van der Waals surface area (Å²) in [5.41, 5.74) is 0.494. The van der Waals surface area contributed by atoms with Crippen LogP contribution in [0.15, 0.2) is 42.5 Å². The van der Waals surface area contributed by atoms with Gasteiger partial charge < -0.3 is 19.5 Å². The number of carbonyl (C=O) groups is 3. The molecule has 0 spiro atoms. The Bertz CT molecular complexity index is 627. The second-order valence-corrected chi connectivity index (χ2v) is 5.20. The predicted molar refractivity (Wildman–Crippen MR) is 83.9 cm³/mol. The molecule has 1 aliphatic heterocycles. The lowest BCUT2D eigenvalue weighted by atomic mass is 10.1. The van der Waals surface area contributed by atoms with Gasteiger partial charge in [0.2, 0.25) is 0 Å². The highest BCUT2D eigenvalue weighted by molar-refractivity contribution is 5.94. The van der Waals surface area contributed by atoms with Crippen molar-refractivity contribution in [3.63, 3.8) is 0 Å². The maximum absolute atomic E-state index is 12.1. The van der Waals surface area contributed by atoms with Gasteiger partial charge in [-0.3, -0.25) is 14.4 Å². The normalized spacial score (nSPS) is 22.5. The number of esters is 2. The molecule has 7 heteroatoms. The summed E-state index contributed by atoms with van der Waals surface area (Å²) >= 11 is 0. The zero-order valence-electron chi connectivity index (χ0n) is 13.4. The quantitative estimate of drug-likeness (QED) is 0.643. The first-order chi connectivity index (χ1) is 11.5. The van der Waals surface area contributed by atoms with Crippen LogP contribution >= 0.6 is 0 Å². The van der Waals surface area contributed by atoms with Gasteiger partial charge in [-0.15, -0.1) is 0 Å². The molecule has 0 aromatic heterocycles. The first kappa shape index (κ1) is 17.7. The topological polar surface area (TPSA) is 90.9 Å². The van der Waals surface area contributed by atoms with Crippen molar-refractivity contribution in [3.05, 3.63) is 48.0 Å². The fourth-order valence-electron chi connectivity index (χ4n) is 2.17. The molecule has 0 aliphatic carbocycles. The highest BCUT2D eigenvalue weighted by Crippen LogP contribution is 2.16. The van der Waals surface area contributed by atoms with Gasteiger partial charge in [0.1, 0.15) is 25.0 Å². The van der Waals surface area contributed by atoms with Crippen LogP contribution in [0.4, 0.5) is 0 Å². The predicted octanol–water partition coefficient (Wildman–Crippen LogP) is 1.19. The summed E-state index contributed by atoms with van der Waals surface area (Å²) in [4.78, 5) is 34.3. The molecule has 2 rings (SSSR count). The third kappa shape index (κ3) is 5.20. The van der Waals surface area contributed by atoms with Gasteiger partial charge in [-0.1, -0.05) is 18.2 Å². The van der Waals surface area contributed by atoms with Crippen molar-refractivity contribution in [3.8, 4) is 0 Å². The number of carbonyl (C=O) groups excluding carboxylic acids is 3. The van der Waals surface area contributed by atoms with Crippen molar-refractivity contribution in [1.82, 2.24) is 5.32 Å². The molecular weight excluding hydrogens is 314 g/mol. The lowest BCUT2D eigenvalue weighted by Crippen LogP contribution is -2.47. The van der Waals surface area contributed by atoms with E-state index in [4.69, 9.17) is 14.2 Å². The molecule has 0 bridgehead atoms. The van der Waals surface area contributed by atoms with Gasteiger partial charge in [-0.05, 0) is 24.3 Å². The summed E-state index contributed by atoms with van der Waals surface area (Å²) < 4.78 is 15.7. The van der Waals surface area contributed by atoms with E-state index in [9.17, 15) is 14.4 Å². The summed E-state index contributed by atoms with van der Waals surface area (Å²) in [7, 11) is 0. The van der Waals surface area contributed by atoms with Crippen LogP contribution in [0, 0.1) is 0 Å². The first-order valence-electron chi connectivity index (χ1n) is 7.46. The average molecular weight is 333 g/mol. The molecule has 1 unspecified atom stereocenters. The van der Waals surface area contributed by atoms with E-state index in [1.54, 1.807) is 36.4 Å². The van der Waals surface area contributed by atoms with Gasteiger partial charge in [-0.25, -0.2) is 0 Å². The van der Waals surface area contributed by atoms with E-state index in [1.165, 1.54) is 13.8 Å². The number of ether oxygens (including phenoxy) is 3. The third-order valence-electron chi connectivity index (χ3n) is 3.23. The average Bonchev–Trinajstić information content (AvgIpc) is 2.55. The van der Waals surface area contributed by atoms with E-state index in [0.29, 0.717) is 5.56 Å². The van der Waals surface area contributed by atoms with Crippen molar-refractivity contribution in [1.29, 1.82) is 0 Å². The molecule has 1 aromatic carbocycles. The SMILES string of the molecule is CC(=O)OC[C@H]1OC(NC(=O)c2ccccc2)C=C[C@@H]1OC(C)=O. The van der Waals surface area contributed by atoms with E-state index in [2.05, 4.69) is 5.32 Å². The molecule has 1 N–H and O–H groups in total. The molecule has 1 aromatic rings. The molecule has 0 radical (unpaired) electrons. The van der Waals surface area contributed by atoms with Crippen molar-refractivity contribution in [2.24, 2.45) is 0 Å². The monoisotopic (exact) mass is 333 g/mol. The zero-order valence-corrected chi connectivity index (χ0v) is 13.4. The Morgan fingerprint density at radius 1 is 1.08 bits per heavy atom. The minimum absolute atomic E-state index is 0.0880. The number of rotatable bonds is 5. The van der Waals surface area contributed by atoms with Gasteiger partial charge in [0, 0.05) is 19.4 Å². The highest BCUT2D eigenvalue weighted by Gasteiger charge is 2.31. The molecule has 7 nitrogen and oxygen atoms in total. The lowest BCUT2D eigenvalue weighted by Gasteiger charge is -2.31. The van der Waals surface area contributed by atoms with Crippen molar-refractivity contribution >= 4 is 17.8 Å². The molecule has 0 fully saturated rings. The number of nitrogens with one attached hydrogen (secondary N) is 1. The molecule has 1 heterocycles. The molecule has 0 saturated carbocycles. The Morgan fingerprint density at radius 3 is 2.42 bits per heavy atom. The van der Waals surface area contributed by atoms with E-state index >= 15 is 0 Å². The van der Waals surface area contributed by atoms with Crippen molar-refractivity contribution in [2.45, 2.75) is 32.3 Å². The molecule has 1 aliphatic rings. The Balaban J connectivity index is 2.02. The van der Waals surface area contributed by atoms with E-state index in [1.807, 2.05) is 6.07 Å². The van der Waals surface area contributed by atoms with E-state index in [0.717, 1.165) is 0 Å². The maximum atomic E-state index is 12.1. The molecule has 1 amide bonds. The molecule has 0 saturated heterocycles. The smallest absolute Gasteiger partial charge is 0.303 e. The fraction of sp³-hybridized carbons (Fsp3) is 0.353. The Morgan fingerprint density at radius 2 is 1.79 bits per heavy atom. The molecule has 3 atom stereocenters. The Hall–Kier alpha value is -2.67. The molecule has 24 heavy (non-hydrogen) atoms. The van der Waals surface area contributed by atoms with Gasteiger partial charge >= 0.3 is 11.9 Å². The van der Waals surface area contributed by atoms with Crippen LogP contribution in [0.5, 0.6) is 0 Å². The Labute approximate surface area is 139 Å². The maximum Gasteiger partial charge on any atom is 0.303 e. The fourth-order valence-corrected chi connectivity index (χ4v) is 2.17. The summed E-state index contributed by atoms with van der Waals surface area (Å²) in [5.74, 6) is -1.25. The highest BCUT2D eigenvalue weighted by atomic mass is 16.6. The second-order valence-electron chi connectivity index (χ2n) is 5.20. The molecule has 128 valence electrons. The van der Waals surface area contributed by atoms with Crippen LogP contribution < -0.4 is 5.32 Å². The number of benzene rings is 1. The summed E-state index contributed by atoms with van der Waals surface area (Å²) in [5, 5.41) is 2.70. The van der Waals surface area contributed by atoms with Gasteiger partial charge in [0.25, 0.3) is 5.91 Å². The van der Waals surface area contributed by atoms with Crippen LogP contribution in [0.1, 0.15) is 24.2 Å². The van der Waals surface area contributed by atoms with Crippen molar-refractivity contribution < 1.29 is 28.6 Å². The van der Waals surface area contributed by atoms with E-state index in [-0.39, 0.29) is 12.5 Å². The van der Waals surface area contributed by atoms with Crippen LogP contribution in [-0.4, -0.2) is 42.9 Å². The number of amides is 1. The summed E-state index contributed by atoms with van der Waals surface area (Å²) in [6.45, 7) is 2.46. The van der Waals surface area contributed by atoms with Gasteiger partial charge in [0.15, 0.2) is 0 Å². The van der Waals surface area contributed by atoms with Crippen LogP contribution in [0.25, 0.3) is 0 Å². The first-order valence-corrected chi connectivity index (χ1v) is 7.46. The standard InChI is InChI=1S/C17H19NO6/c1-11(19)22-10-15-14(23-12(2)20)8-9-16(24-15)18-17(21)13-6-4-3-5-7-13/h3-9,14-16H,10H2,1-2H3,(H,18,21)/t14-,15+,16?/m0/s1. The Kier molecular flexibility index (Phi) is 6.08. The minimum Gasteiger partial charge on any atom is -0.463 e. The second kappa shape index (κ2) is 8.26. The largest absolute Gasteiger partial charge is 0.463 e. The lowest BCUT2D eigenvalue weighted by molar-refractivity contribution is -0.164. The molecular formula is C17H19NO6. The van der Waals surface area contributed by atoms with Gasteiger partial charge in [0.05, 0.1) is 0 Å².